The van der Waals surface area contributed by atoms with Gasteiger partial charge in [0.2, 0.25) is 5.91 Å². The molecule has 3 nitrogen and oxygen atoms in total. The third-order valence-corrected chi connectivity index (χ3v) is 3.48. The van der Waals surface area contributed by atoms with Crippen LogP contribution in [-0.2, 0) is 11.2 Å². The largest absolute Gasteiger partial charge is 0.398 e. The van der Waals surface area contributed by atoms with Crippen LogP contribution in [-0.4, -0.2) is 12.5 Å². The second-order valence-corrected chi connectivity index (χ2v) is 4.71. The van der Waals surface area contributed by atoms with Gasteiger partial charge in [0.15, 0.2) is 0 Å². The summed E-state index contributed by atoms with van der Waals surface area (Å²) in [5.41, 5.74) is 8.98. The lowest BCUT2D eigenvalue weighted by molar-refractivity contribution is -0.119. The number of rotatable bonds is 1. The van der Waals surface area contributed by atoms with Crippen LogP contribution in [0.4, 0.5) is 11.4 Å². The van der Waals surface area contributed by atoms with E-state index in [1.807, 2.05) is 23.1 Å². The number of hydrogen-bond donors (Lipinski definition) is 1. The van der Waals surface area contributed by atoms with E-state index in [2.05, 4.69) is 0 Å². The Morgan fingerprint density at radius 1 is 1.35 bits per heavy atom. The SMILES string of the molecule is Cl.Nc1cccc2c1CCCN2C(=O)C1CC1. The van der Waals surface area contributed by atoms with Crippen LogP contribution in [0.15, 0.2) is 18.2 Å². The summed E-state index contributed by atoms with van der Waals surface area (Å²) in [6, 6.07) is 5.88. The van der Waals surface area contributed by atoms with Gasteiger partial charge in [-0.15, -0.1) is 12.4 Å². The number of nitrogens with zero attached hydrogens (tertiary/aromatic N) is 1. The van der Waals surface area contributed by atoms with Gasteiger partial charge in [0.05, 0.1) is 0 Å². The summed E-state index contributed by atoms with van der Waals surface area (Å²) in [6.07, 6.45) is 4.15. The minimum atomic E-state index is 0. The fourth-order valence-electron chi connectivity index (χ4n) is 2.43. The lowest BCUT2D eigenvalue weighted by Gasteiger charge is -2.30. The molecule has 2 aliphatic rings. The van der Waals surface area contributed by atoms with Crippen LogP contribution in [0.2, 0.25) is 0 Å². The van der Waals surface area contributed by atoms with E-state index in [1.165, 1.54) is 0 Å². The average molecular weight is 253 g/mol. The molecule has 3 rings (SSSR count). The molecular formula is C13H17ClN2O. The molecule has 1 aliphatic heterocycles. The number of nitrogen functional groups attached to an aromatic ring is 1. The topological polar surface area (TPSA) is 46.3 Å². The molecule has 0 aromatic heterocycles. The number of anilines is 2. The quantitative estimate of drug-likeness (QED) is 0.780. The van der Waals surface area contributed by atoms with E-state index in [-0.39, 0.29) is 18.3 Å². The van der Waals surface area contributed by atoms with Crippen molar-refractivity contribution < 1.29 is 4.79 Å². The predicted molar refractivity (Wildman–Crippen MR) is 71.5 cm³/mol. The molecule has 0 radical (unpaired) electrons. The first kappa shape index (κ1) is 12.2. The molecule has 1 aromatic rings. The number of nitrogens with two attached hydrogens (primary N) is 1. The van der Waals surface area contributed by atoms with Crippen molar-refractivity contribution in [3.05, 3.63) is 23.8 Å². The predicted octanol–water partition coefficient (Wildman–Crippen LogP) is 2.38. The van der Waals surface area contributed by atoms with Crippen LogP contribution in [0.3, 0.4) is 0 Å². The van der Waals surface area contributed by atoms with E-state index in [4.69, 9.17) is 5.73 Å². The van der Waals surface area contributed by atoms with Gasteiger partial charge in [-0.2, -0.15) is 0 Å². The number of hydrogen-bond acceptors (Lipinski definition) is 2. The molecule has 0 unspecified atom stereocenters. The minimum absolute atomic E-state index is 0. The lowest BCUT2D eigenvalue weighted by atomic mass is 9.99. The third-order valence-electron chi connectivity index (χ3n) is 3.48. The highest BCUT2D eigenvalue weighted by Gasteiger charge is 2.35. The Bertz CT molecular complexity index is 443. The molecule has 0 spiro atoms. The summed E-state index contributed by atoms with van der Waals surface area (Å²) < 4.78 is 0. The average Bonchev–Trinajstić information content (AvgIpc) is 3.12. The highest BCUT2D eigenvalue weighted by molar-refractivity contribution is 5.98. The van der Waals surface area contributed by atoms with Crippen LogP contribution < -0.4 is 10.6 Å². The number of benzene rings is 1. The Hall–Kier alpha value is -1.22. The first-order valence-corrected chi connectivity index (χ1v) is 5.96. The Kier molecular flexibility index (Phi) is 3.29. The smallest absolute Gasteiger partial charge is 0.230 e. The van der Waals surface area contributed by atoms with Gasteiger partial charge in [0.25, 0.3) is 0 Å². The van der Waals surface area contributed by atoms with Gasteiger partial charge in [-0.1, -0.05) is 6.07 Å². The molecule has 2 N–H and O–H groups in total. The van der Waals surface area contributed by atoms with Gasteiger partial charge in [-0.3, -0.25) is 4.79 Å². The normalized spacial score (nSPS) is 18.2. The van der Waals surface area contributed by atoms with Gasteiger partial charge in [0.1, 0.15) is 0 Å². The molecule has 1 amide bonds. The van der Waals surface area contributed by atoms with Crippen LogP contribution in [0.5, 0.6) is 0 Å². The van der Waals surface area contributed by atoms with Gasteiger partial charge >= 0.3 is 0 Å². The van der Waals surface area contributed by atoms with E-state index < -0.39 is 0 Å². The maximum Gasteiger partial charge on any atom is 0.230 e. The van der Waals surface area contributed by atoms with Crippen LogP contribution in [0, 0.1) is 5.92 Å². The highest BCUT2D eigenvalue weighted by atomic mass is 35.5. The summed E-state index contributed by atoms with van der Waals surface area (Å²) in [6.45, 7) is 0.853. The molecule has 92 valence electrons. The zero-order chi connectivity index (χ0) is 11.1. The molecule has 0 bridgehead atoms. The Morgan fingerprint density at radius 2 is 2.12 bits per heavy atom. The first-order chi connectivity index (χ1) is 7.77. The number of carbonyl (C=O) groups excluding carboxylic acids is 1. The number of carbonyl (C=O) groups is 1. The van der Waals surface area contributed by atoms with Gasteiger partial charge < -0.3 is 10.6 Å². The van der Waals surface area contributed by atoms with E-state index >= 15 is 0 Å². The van der Waals surface area contributed by atoms with Crippen molar-refractivity contribution in [3.63, 3.8) is 0 Å². The molecule has 1 aromatic carbocycles. The van der Waals surface area contributed by atoms with Crippen molar-refractivity contribution in [2.45, 2.75) is 25.7 Å². The van der Waals surface area contributed by atoms with Crippen molar-refractivity contribution in [2.24, 2.45) is 5.92 Å². The fourth-order valence-corrected chi connectivity index (χ4v) is 2.43. The number of amides is 1. The third kappa shape index (κ3) is 2.12. The van der Waals surface area contributed by atoms with Crippen LogP contribution in [0.25, 0.3) is 0 Å². The molecule has 1 fully saturated rings. The van der Waals surface area contributed by atoms with Crippen LogP contribution >= 0.6 is 12.4 Å². The maximum atomic E-state index is 12.1. The highest BCUT2D eigenvalue weighted by Crippen LogP contribution is 2.37. The van der Waals surface area contributed by atoms with Gasteiger partial charge in [0, 0.05) is 23.8 Å². The van der Waals surface area contributed by atoms with E-state index in [1.54, 1.807) is 0 Å². The second kappa shape index (κ2) is 4.57. The first-order valence-electron chi connectivity index (χ1n) is 5.96. The molecule has 4 heteroatoms. The zero-order valence-electron chi connectivity index (χ0n) is 9.69. The van der Waals surface area contributed by atoms with Crippen molar-refractivity contribution in [1.82, 2.24) is 0 Å². The lowest BCUT2D eigenvalue weighted by Crippen LogP contribution is -2.36. The standard InChI is InChI=1S/C13H16N2O.ClH/c14-11-4-1-5-12-10(11)3-2-8-15(12)13(16)9-6-7-9;/h1,4-5,9H,2-3,6-8,14H2;1H. The van der Waals surface area contributed by atoms with Crippen molar-refractivity contribution in [3.8, 4) is 0 Å². The van der Waals surface area contributed by atoms with Crippen molar-refractivity contribution in [2.75, 3.05) is 17.2 Å². The molecular weight excluding hydrogens is 236 g/mol. The molecule has 0 atom stereocenters. The zero-order valence-corrected chi connectivity index (χ0v) is 10.5. The van der Waals surface area contributed by atoms with Gasteiger partial charge in [-0.05, 0) is 43.4 Å². The second-order valence-electron chi connectivity index (χ2n) is 4.71. The van der Waals surface area contributed by atoms with E-state index in [9.17, 15) is 4.79 Å². The van der Waals surface area contributed by atoms with E-state index in [0.717, 1.165) is 49.2 Å². The molecule has 1 aliphatic carbocycles. The van der Waals surface area contributed by atoms with Crippen molar-refractivity contribution in [1.29, 1.82) is 0 Å². The molecule has 1 heterocycles. The summed E-state index contributed by atoms with van der Waals surface area (Å²) in [5, 5.41) is 0. The summed E-state index contributed by atoms with van der Waals surface area (Å²) in [4.78, 5) is 14.1. The molecule has 17 heavy (non-hydrogen) atoms. The number of fused-ring (bicyclic) bond motifs is 1. The fraction of sp³-hybridized carbons (Fsp3) is 0.462. The molecule has 0 saturated heterocycles. The van der Waals surface area contributed by atoms with E-state index in [0.29, 0.717) is 5.91 Å². The molecule has 1 saturated carbocycles. The summed E-state index contributed by atoms with van der Waals surface area (Å²) >= 11 is 0. The van der Waals surface area contributed by atoms with Gasteiger partial charge in [-0.25, -0.2) is 0 Å². The van der Waals surface area contributed by atoms with Crippen molar-refractivity contribution >= 4 is 29.7 Å². The minimum Gasteiger partial charge on any atom is -0.398 e. The van der Waals surface area contributed by atoms with Crippen LogP contribution in [0.1, 0.15) is 24.8 Å². The summed E-state index contributed by atoms with van der Waals surface area (Å²) in [5.74, 6) is 0.582. The number of halogens is 1. The Balaban J connectivity index is 0.00000108. The monoisotopic (exact) mass is 252 g/mol. The maximum absolute atomic E-state index is 12.1. The Labute approximate surface area is 107 Å². The Morgan fingerprint density at radius 3 is 2.82 bits per heavy atom. The summed E-state index contributed by atoms with van der Waals surface area (Å²) in [7, 11) is 0.